The molecule has 13 heavy (non-hydrogen) atoms. The number of ether oxygens (including phenoxy) is 2. The molecule has 0 aromatic carbocycles. The van der Waals surface area contributed by atoms with Gasteiger partial charge >= 0.3 is 5.97 Å². The molecule has 0 rings (SSSR count). The molecule has 0 aromatic rings. The number of hydrogen-bond donors (Lipinski definition) is 1. The molecule has 78 valence electrons. The van der Waals surface area contributed by atoms with Gasteiger partial charge in [0, 0.05) is 7.11 Å². The molecule has 0 saturated heterocycles. The van der Waals surface area contributed by atoms with Gasteiger partial charge in [-0.25, -0.2) is 0 Å². The first-order chi connectivity index (χ1) is 6.13. The standard InChI is InChI=1S/C9H19NO3/c1-4-7(2)8(10)9(11)13-6-5-12-3/h7-8H,4-6,10H2,1-3H3/t7-,8-/m0/s1. The third-order valence-electron chi connectivity index (χ3n) is 2.06. The molecule has 0 aliphatic carbocycles. The SMILES string of the molecule is CC[C@H](C)[C@H](N)C(=O)OCCOC. The van der Waals surface area contributed by atoms with Crippen LogP contribution in [0.3, 0.4) is 0 Å². The van der Waals surface area contributed by atoms with E-state index >= 15 is 0 Å². The average molecular weight is 189 g/mol. The van der Waals surface area contributed by atoms with E-state index in [9.17, 15) is 4.79 Å². The number of rotatable bonds is 6. The zero-order valence-corrected chi connectivity index (χ0v) is 8.58. The fourth-order valence-corrected chi connectivity index (χ4v) is 0.808. The first kappa shape index (κ1) is 12.4. The summed E-state index contributed by atoms with van der Waals surface area (Å²) in [6.45, 7) is 4.62. The zero-order chi connectivity index (χ0) is 10.3. The van der Waals surface area contributed by atoms with Gasteiger partial charge in [0.2, 0.25) is 0 Å². The first-order valence-corrected chi connectivity index (χ1v) is 4.54. The Morgan fingerprint density at radius 1 is 1.46 bits per heavy atom. The van der Waals surface area contributed by atoms with Crippen LogP contribution in [0.4, 0.5) is 0 Å². The van der Waals surface area contributed by atoms with E-state index < -0.39 is 6.04 Å². The lowest BCUT2D eigenvalue weighted by atomic mass is 10.0. The Bertz CT molecular complexity index is 150. The van der Waals surface area contributed by atoms with Crippen molar-refractivity contribution in [2.75, 3.05) is 20.3 Å². The molecule has 2 N–H and O–H groups in total. The van der Waals surface area contributed by atoms with Gasteiger partial charge in [0.05, 0.1) is 6.61 Å². The highest BCUT2D eigenvalue weighted by Gasteiger charge is 2.20. The minimum absolute atomic E-state index is 0.162. The maximum absolute atomic E-state index is 11.2. The van der Waals surface area contributed by atoms with Crippen molar-refractivity contribution < 1.29 is 14.3 Å². The lowest BCUT2D eigenvalue weighted by molar-refractivity contribution is -0.147. The number of methoxy groups -OCH3 is 1. The van der Waals surface area contributed by atoms with E-state index in [1.807, 2.05) is 13.8 Å². The van der Waals surface area contributed by atoms with E-state index in [-0.39, 0.29) is 18.5 Å². The largest absolute Gasteiger partial charge is 0.462 e. The second-order valence-electron chi connectivity index (χ2n) is 3.07. The van der Waals surface area contributed by atoms with Crippen LogP contribution in [0.15, 0.2) is 0 Å². The molecular weight excluding hydrogens is 170 g/mol. The van der Waals surface area contributed by atoms with Gasteiger partial charge in [-0.15, -0.1) is 0 Å². The Hall–Kier alpha value is -0.610. The minimum atomic E-state index is -0.512. The predicted molar refractivity (Wildman–Crippen MR) is 50.3 cm³/mol. The Morgan fingerprint density at radius 2 is 2.08 bits per heavy atom. The number of hydrogen-bond acceptors (Lipinski definition) is 4. The van der Waals surface area contributed by atoms with Crippen LogP contribution in [0.25, 0.3) is 0 Å². The monoisotopic (exact) mass is 189 g/mol. The third kappa shape index (κ3) is 4.85. The topological polar surface area (TPSA) is 61.6 Å². The molecule has 4 nitrogen and oxygen atoms in total. The summed E-state index contributed by atoms with van der Waals surface area (Å²) in [6.07, 6.45) is 0.876. The Morgan fingerprint density at radius 3 is 2.54 bits per heavy atom. The summed E-state index contributed by atoms with van der Waals surface area (Å²) in [5.74, 6) is -0.179. The quantitative estimate of drug-likeness (QED) is 0.489. The van der Waals surface area contributed by atoms with E-state index in [1.54, 1.807) is 7.11 Å². The Balaban J connectivity index is 3.69. The maximum atomic E-state index is 11.2. The molecule has 0 unspecified atom stereocenters. The van der Waals surface area contributed by atoms with Gasteiger partial charge in [-0.05, 0) is 5.92 Å². The van der Waals surface area contributed by atoms with Crippen LogP contribution in [-0.4, -0.2) is 32.3 Å². The Labute approximate surface area is 79.4 Å². The highest BCUT2D eigenvalue weighted by molar-refractivity contribution is 5.75. The molecule has 4 heteroatoms. The fraction of sp³-hybridized carbons (Fsp3) is 0.889. The van der Waals surface area contributed by atoms with Gasteiger partial charge in [-0.1, -0.05) is 20.3 Å². The molecule has 0 aliphatic heterocycles. The molecule has 0 fully saturated rings. The van der Waals surface area contributed by atoms with Crippen molar-refractivity contribution >= 4 is 5.97 Å². The van der Waals surface area contributed by atoms with E-state index in [1.165, 1.54) is 0 Å². The normalized spacial score (nSPS) is 15.1. The van der Waals surface area contributed by atoms with Gasteiger partial charge in [0.15, 0.2) is 0 Å². The van der Waals surface area contributed by atoms with Crippen molar-refractivity contribution in [3.63, 3.8) is 0 Å². The molecule has 0 amide bonds. The molecule has 0 aliphatic rings. The highest BCUT2D eigenvalue weighted by Crippen LogP contribution is 2.06. The number of nitrogens with two attached hydrogens (primary N) is 1. The van der Waals surface area contributed by atoms with E-state index in [0.717, 1.165) is 6.42 Å². The minimum Gasteiger partial charge on any atom is -0.462 e. The first-order valence-electron chi connectivity index (χ1n) is 4.54. The summed E-state index contributed by atoms with van der Waals surface area (Å²) in [6, 6.07) is -0.512. The molecule has 0 bridgehead atoms. The second kappa shape index (κ2) is 6.86. The Kier molecular flexibility index (Phi) is 6.54. The van der Waals surface area contributed by atoms with E-state index in [0.29, 0.717) is 6.61 Å². The fourth-order valence-electron chi connectivity index (χ4n) is 0.808. The van der Waals surface area contributed by atoms with Gasteiger partial charge < -0.3 is 15.2 Å². The summed E-state index contributed by atoms with van der Waals surface area (Å²) >= 11 is 0. The van der Waals surface area contributed by atoms with Gasteiger partial charge in [-0.2, -0.15) is 0 Å². The number of carbonyl (C=O) groups excluding carboxylic acids is 1. The van der Waals surface area contributed by atoms with Crippen LogP contribution in [0, 0.1) is 5.92 Å². The average Bonchev–Trinajstić information content (AvgIpc) is 2.15. The van der Waals surface area contributed by atoms with Gasteiger partial charge in [-0.3, -0.25) is 4.79 Å². The van der Waals surface area contributed by atoms with Gasteiger partial charge in [0.25, 0.3) is 0 Å². The zero-order valence-electron chi connectivity index (χ0n) is 8.58. The van der Waals surface area contributed by atoms with Crippen LogP contribution in [0.5, 0.6) is 0 Å². The van der Waals surface area contributed by atoms with Crippen LogP contribution >= 0.6 is 0 Å². The predicted octanol–water partition coefficient (Wildman–Crippen LogP) is 0.549. The second-order valence-corrected chi connectivity index (χ2v) is 3.07. The lowest BCUT2D eigenvalue weighted by Gasteiger charge is -2.16. The third-order valence-corrected chi connectivity index (χ3v) is 2.06. The van der Waals surface area contributed by atoms with E-state index in [2.05, 4.69) is 0 Å². The molecule has 2 atom stereocenters. The van der Waals surface area contributed by atoms with Crippen molar-refractivity contribution in [1.82, 2.24) is 0 Å². The summed E-state index contributed by atoms with van der Waals surface area (Å²) < 4.78 is 9.62. The van der Waals surface area contributed by atoms with Crippen LogP contribution in [-0.2, 0) is 14.3 Å². The van der Waals surface area contributed by atoms with Crippen molar-refractivity contribution in [3.05, 3.63) is 0 Å². The molecule has 0 saturated carbocycles. The maximum Gasteiger partial charge on any atom is 0.323 e. The van der Waals surface area contributed by atoms with Crippen molar-refractivity contribution in [3.8, 4) is 0 Å². The summed E-state index contributed by atoms with van der Waals surface area (Å²) in [4.78, 5) is 11.2. The number of carbonyl (C=O) groups is 1. The molecule has 0 heterocycles. The molecule has 0 spiro atoms. The number of esters is 1. The van der Waals surface area contributed by atoms with Crippen molar-refractivity contribution in [1.29, 1.82) is 0 Å². The lowest BCUT2D eigenvalue weighted by Crippen LogP contribution is -2.38. The smallest absolute Gasteiger partial charge is 0.323 e. The van der Waals surface area contributed by atoms with Crippen molar-refractivity contribution in [2.45, 2.75) is 26.3 Å². The summed E-state index contributed by atoms with van der Waals surface area (Å²) in [7, 11) is 1.56. The van der Waals surface area contributed by atoms with Crippen LogP contribution in [0.2, 0.25) is 0 Å². The van der Waals surface area contributed by atoms with Gasteiger partial charge in [0.1, 0.15) is 12.6 Å². The van der Waals surface area contributed by atoms with Crippen molar-refractivity contribution in [2.24, 2.45) is 11.7 Å². The molecule has 0 radical (unpaired) electrons. The van der Waals surface area contributed by atoms with Crippen LogP contribution < -0.4 is 5.73 Å². The molecule has 0 aromatic heterocycles. The van der Waals surface area contributed by atoms with Crippen LogP contribution in [0.1, 0.15) is 20.3 Å². The van der Waals surface area contributed by atoms with E-state index in [4.69, 9.17) is 15.2 Å². The summed E-state index contributed by atoms with van der Waals surface area (Å²) in [5, 5.41) is 0. The highest BCUT2D eigenvalue weighted by atomic mass is 16.6. The summed E-state index contributed by atoms with van der Waals surface area (Å²) in [5.41, 5.74) is 5.64. The molecular formula is C9H19NO3.